The summed E-state index contributed by atoms with van der Waals surface area (Å²) in [4.78, 5) is 24.1. The molecule has 5 heterocycles. The minimum atomic E-state index is -0.972. The number of pyridine rings is 1. The number of hydrogen-bond acceptors (Lipinski definition) is 8. The summed E-state index contributed by atoms with van der Waals surface area (Å²) < 4.78 is 62.0. The van der Waals surface area contributed by atoms with E-state index < -0.39 is 23.5 Å². The van der Waals surface area contributed by atoms with E-state index in [0.717, 1.165) is 29.0 Å². The molecule has 0 unspecified atom stereocenters. The molecule has 0 spiro atoms. The lowest BCUT2D eigenvalue weighted by atomic mass is 9.94. The standard InChI is InChI=1S/C36H33F3N6O4S/c1-6-30(47)44-15-18(2)45-27(19(44)3)14-25(42-45)35-33(31-22(38)12-21(37)13-28(31)49-10-9-48-5)32-23(39)17-50-36(32)34(41-35)20-7-8-26-24(11-20)40-29(16-46)43(26)4/h6-8,11-14,17-19,46H,1,9-10,15-16H2,2-5H3/t18-,19+/m0/s1. The number of nitrogens with zero attached hydrogens (tertiary/aromatic N) is 6. The zero-order valence-electron chi connectivity index (χ0n) is 27.7. The summed E-state index contributed by atoms with van der Waals surface area (Å²) in [6, 6.07) is 8.36. The molecule has 7 rings (SSSR count). The Morgan fingerprint density at radius 1 is 1.08 bits per heavy atom. The fourth-order valence-corrected chi connectivity index (χ4v) is 7.58. The summed E-state index contributed by atoms with van der Waals surface area (Å²) in [6.07, 6.45) is 1.26. The lowest BCUT2D eigenvalue weighted by molar-refractivity contribution is -0.129. The Morgan fingerprint density at radius 3 is 2.62 bits per heavy atom. The number of fused-ring (bicyclic) bond motifs is 3. The van der Waals surface area contributed by atoms with Crippen LogP contribution in [-0.4, -0.2) is 67.1 Å². The molecule has 0 saturated heterocycles. The number of carbonyl (C=O) groups is 1. The average molecular weight is 703 g/mol. The molecule has 1 aliphatic rings. The lowest BCUT2D eigenvalue weighted by Crippen LogP contribution is -2.42. The number of thiophene rings is 1. The molecule has 1 N–H and O–H groups in total. The van der Waals surface area contributed by atoms with Gasteiger partial charge in [0, 0.05) is 54.7 Å². The van der Waals surface area contributed by atoms with Crippen LogP contribution < -0.4 is 4.74 Å². The number of rotatable bonds is 9. The molecule has 0 bridgehead atoms. The number of aliphatic hydroxyl groups excluding tert-OH is 1. The molecule has 0 saturated carbocycles. The number of benzene rings is 2. The maximum atomic E-state index is 16.2. The summed E-state index contributed by atoms with van der Waals surface area (Å²) in [5.74, 6) is -2.39. The van der Waals surface area contributed by atoms with Crippen LogP contribution in [0.5, 0.6) is 5.75 Å². The smallest absolute Gasteiger partial charge is 0.246 e. The molecule has 258 valence electrons. The molecular formula is C36H33F3N6O4S. The second kappa shape index (κ2) is 13.0. The molecule has 0 aliphatic carbocycles. The van der Waals surface area contributed by atoms with Crippen molar-refractivity contribution in [3.05, 3.63) is 83.4 Å². The third-order valence-electron chi connectivity index (χ3n) is 9.11. The number of ether oxygens (including phenoxy) is 2. The molecule has 10 nitrogen and oxygen atoms in total. The average Bonchev–Trinajstić information content (AvgIpc) is 3.81. The van der Waals surface area contributed by atoms with Crippen LogP contribution in [0.4, 0.5) is 13.2 Å². The Balaban J connectivity index is 1.54. The molecule has 2 aromatic carbocycles. The Morgan fingerprint density at radius 2 is 1.88 bits per heavy atom. The minimum Gasteiger partial charge on any atom is -0.490 e. The summed E-state index contributed by atoms with van der Waals surface area (Å²) in [7, 11) is 3.27. The number of aryl methyl sites for hydroxylation is 1. The highest BCUT2D eigenvalue weighted by atomic mass is 32.1. The van der Waals surface area contributed by atoms with E-state index in [9.17, 15) is 14.3 Å². The number of imidazole rings is 1. The van der Waals surface area contributed by atoms with Gasteiger partial charge in [-0.2, -0.15) is 5.10 Å². The Kier molecular flexibility index (Phi) is 8.70. The summed E-state index contributed by atoms with van der Waals surface area (Å²) in [5.41, 5.74) is 3.35. The number of carbonyl (C=O) groups excluding carboxylic acids is 1. The van der Waals surface area contributed by atoms with Crippen LogP contribution in [0.3, 0.4) is 0 Å². The highest BCUT2D eigenvalue weighted by molar-refractivity contribution is 7.17. The van der Waals surface area contributed by atoms with E-state index in [1.807, 2.05) is 26.0 Å². The molecule has 6 aromatic rings. The zero-order valence-corrected chi connectivity index (χ0v) is 28.5. The topological polar surface area (TPSA) is 108 Å². The second-order valence-electron chi connectivity index (χ2n) is 12.1. The van der Waals surface area contributed by atoms with Crippen LogP contribution in [0, 0.1) is 17.5 Å². The first kappa shape index (κ1) is 33.4. The van der Waals surface area contributed by atoms with E-state index in [0.29, 0.717) is 45.2 Å². The van der Waals surface area contributed by atoms with E-state index >= 15 is 8.78 Å². The zero-order chi connectivity index (χ0) is 35.4. The quantitative estimate of drug-likeness (QED) is 0.128. The summed E-state index contributed by atoms with van der Waals surface area (Å²) in [5, 5.41) is 16.1. The van der Waals surface area contributed by atoms with Gasteiger partial charge >= 0.3 is 0 Å². The van der Waals surface area contributed by atoms with Gasteiger partial charge in [0.2, 0.25) is 5.91 Å². The van der Waals surface area contributed by atoms with Crippen LogP contribution >= 0.6 is 11.3 Å². The fraction of sp³-hybridized carbons (Fsp3) is 0.278. The third-order valence-corrected chi connectivity index (χ3v) is 10.1. The van der Waals surface area contributed by atoms with Crippen molar-refractivity contribution in [2.45, 2.75) is 32.5 Å². The molecule has 0 fully saturated rings. The van der Waals surface area contributed by atoms with Gasteiger partial charge < -0.3 is 24.0 Å². The number of aliphatic hydroxyl groups is 1. The second-order valence-corrected chi connectivity index (χ2v) is 13.0. The van der Waals surface area contributed by atoms with E-state index in [-0.39, 0.29) is 59.7 Å². The van der Waals surface area contributed by atoms with Gasteiger partial charge in [0.1, 0.15) is 53.6 Å². The van der Waals surface area contributed by atoms with Crippen molar-refractivity contribution in [1.29, 1.82) is 0 Å². The monoisotopic (exact) mass is 702 g/mol. The third kappa shape index (κ3) is 5.43. The first-order valence-corrected chi connectivity index (χ1v) is 16.7. The number of methoxy groups -OCH3 is 1. The maximum absolute atomic E-state index is 16.2. The van der Waals surface area contributed by atoms with Crippen molar-refractivity contribution in [2.75, 3.05) is 26.9 Å². The number of halogens is 3. The van der Waals surface area contributed by atoms with Crippen LogP contribution in [0.15, 0.2) is 54.4 Å². The normalized spacial score (nSPS) is 16.0. The summed E-state index contributed by atoms with van der Waals surface area (Å²) >= 11 is 1.10. The fourth-order valence-electron chi connectivity index (χ4n) is 6.65. The van der Waals surface area contributed by atoms with Crippen molar-refractivity contribution >= 4 is 38.4 Å². The predicted octanol–water partition coefficient (Wildman–Crippen LogP) is 6.97. The molecule has 4 aromatic heterocycles. The molecule has 1 amide bonds. The van der Waals surface area contributed by atoms with E-state index in [2.05, 4.69) is 11.6 Å². The minimum absolute atomic E-state index is 0.0244. The predicted molar refractivity (Wildman–Crippen MR) is 184 cm³/mol. The molecule has 2 atom stereocenters. The highest BCUT2D eigenvalue weighted by Gasteiger charge is 2.34. The Labute approximate surface area is 289 Å². The molecule has 14 heteroatoms. The number of amides is 1. The Hall–Kier alpha value is -5.05. The number of hydrogen-bond donors (Lipinski definition) is 1. The van der Waals surface area contributed by atoms with Gasteiger partial charge in [-0.05, 0) is 38.1 Å². The number of aromatic nitrogens is 5. The van der Waals surface area contributed by atoms with Crippen LogP contribution in [0.1, 0.15) is 37.4 Å². The Bertz CT molecular complexity index is 2310. The summed E-state index contributed by atoms with van der Waals surface area (Å²) in [6.45, 7) is 7.66. The van der Waals surface area contributed by atoms with Crippen molar-refractivity contribution in [1.82, 2.24) is 29.2 Å². The van der Waals surface area contributed by atoms with Gasteiger partial charge in [-0.3, -0.25) is 9.48 Å². The van der Waals surface area contributed by atoms with Crippen molar-refractivity contribution in [3.8, 4) is 39.5 Å². The SMILES string of the molecule is C=CC(=O)N1C[C@H](C)n2nc(-c3nc(-c4ccc5c(c4)nc(CO)n5C)c4scc(F)c4c3-c3c(F)cc(F)cc3OCCOC)cc2[C@H]1C. The molecule has 1 aliphatic heterocycles. The first-order chi connectivity index (χ1) is 24.1. The highest BCUT2D eigenvalue weighted by Crippen LogP contribution is 2.48. The van der Waals surface area contributed by atoms with E-state index in [1.165, 1.54) is 18.6 Å². The van der Waals surface area contributed by atoms with E-state index in [4.69, 9.17) is 19.6 Å². The van der Waals surface area contributed by atoms with Crippen LogP contribution in [0.25, 0.3) is 54.9 Å². The van der Waals surface area contributed by atoms with Crippen molar-refractivity contribution in [2.24, 2.45) is 7.05 Å². The van der Waals surface area contributed by atoms with Crippen LogP contribution in [-0.2, 0) is 23.2 Å². The van der Waals surface area contributed by atoms with Gasteiger partial charge in [-0.1, -0.05) is 12.6 Å². The van der Waals surface area contributed by atoms with Crippen molar-refractivity contribution < 1.29 is 32.5 Å². The van der Waals surface area contributed by atoms with Gasteiger partial charge in [0.15, 0.2) is 0 Å². The molecule has 50 heavy (non-hydrogen) atoms. The van der Waals surface area contributed by atoms with Gasteiger partial charge in [0.05, 0.1) is 51.4 Å². The van der Waals surface area contributed by atoms with Crippen LogP contribution in [0.2, 0.25) is 0 Å². The lowest BCUT2D eigenvalue weighted by Gasteiger charge is -2.36. The van der Waals surface area contributed by atoms with E-state index in [1.54, 1.807) is 33.3 Å². The van der Waals surface area contributed by atoms with Gasteiger partial charge in [-0.15, -0.1) is 11.3 Å². The largest absolute Gasteiger partial charge is 0.490 e. The first-order valence-electron chi connectivity index (χ1n) is 15.9. The van der Waals surface area contributed by atoms with Crippen molar-refractivity contribution in [3.63, 3.8) is 0 Å². The maximum Gasteiger partial charge on any atom is 0.246 e. The van der Waals surface area contributed by atoms with Gasteiger partial charge in [0.25, 0.3) is 0 Å². The molecule has 0 radical (unpaired) electrons. The van der Waals surface area contributed by atoms with Gasteiger partial charge in [-0.25, -0.2) is 23.1 Å². The molecular weight excluding hydrogens is 669 g/mol.